The lowest BCUT2D eigenvalue weighted by atomic mass is 9.96. The quantitative estimate of drug-likeness (QED) is 0.741. The summed E-state index contributed by atoms with van der Waals surface area (Å²) in [4.78, 5) is 26.4. The first-order valence-electron chi connectivity index (χ1n) is 9.53. The molecule has 0 unspecified atom stereocenters. The van der Waals surface area contributed by atoms with Crippen LogP contribution in [0.4, 0.5) is 4.39 Å². The summed E-state index contributed by atoms with van der Waals surface area (Å²) in [6.45, 7) is 0.941. The lowest BCUT2D eigenvalue weighted by Crippen LogP contribution is -2.42. The lowest BCUT2D eigenvalue weighted by molar-refractivity contribution is -0.123. The van der Waals surface area contributed by atoms with Crippen molar-refractivity contribution < 1.29 is 14.0 Å². The van der Waals surface area contributed by atoms with Crippen LogP contribution in [0, 0.1) is 11.7 Å². The van der Waals surface area contributed by atoms with Crippen LogP contribution in [0.1, 0.15) is 23.3 Å². The summed E-state index contributed by atoms with van der Waals surface area (Å²) in [7, 11) is 0. The van der Waals surface area contributed by atoms with Crippen molar-refractivity contribution in [1.29, 1.82) is 0 Å². The van der Waals surface area contributed by atoms with E-state index in [1.54, 1.807) is 27.8 Å². The van der Waals surface area contributed by atoms with Gasteiger partial charge in [-0.25, -0.2) is 9.07 Å². The van der Waals surface area contributed by atoms with E-state index >= 15 is 0 Å². The Hall–Kier alpha value is -3.48. The van der Waals surface area contributed by atoms with Crippen LogP contribution in [0.3, 0.4) is 0 Å². The van der Waals surface area contributed by atoms with Gasteiger partial charge in [0, 0.05) is 24.6 Å². The van der Waals surface area contributed by atoms with Crippen molar-refractivity contribution in [3.63, 3.8) is 0 Å². The maximum atomic E-state index is 13.3. The van der Waals surface area contributed by atoms with Crippen molar-refractivity contribution in [3.05, 3.63) is 72.2 Å². The van der Waals surface area contributed by atoms with Gasteiger partial charge >= 0.3 is 0 Å². The molecule has 4 rings (SSSR count). The van der Waals surface area contributed by atoms with Gasteiger partial charge in [-0.3, -0.25) is 9.59 Å². The van der Waals surface area contributed by atoms with Gasteiger partial charge in [0.1, 0.15) is 11.5 Å². The molecule has 2 N–H and O–H groups in total. The summed E-state index contributed by atoms with van der Waals surface area (Å²) in [5, 5.41) is 4.61. The number of nitrogens with zero attached hydrogens (tertiary/aromatic N) is 3. The normalized spacial score (nSPS) is 14.7. The van der Waals surface area contributed by atoms with Gasteiger partial charge in [-0.2, -0.15) is 5.10 Å². The maximum absolute atomic E-state index is 13.3. The molecule has 1 aromatic heterocycles. The van der Waals surface area contributed by atoms with Crippen molar-refractivity contribution in [2.45, 2.75) is 12.8 Å². The number of amides is 2. The van der Waals surface area contributed by atoms with Gasteiger partial charge in [-0.05, 0) is 55.3 Å². The molecule has 1 aliphatic rings. The number of carbonyl (C=O) groups is 2. The van der Waals surface area contributed by atoms with Crippen molar-refractivity contribution in [1.82, 2.24) is 14.7 Å². The second kappa shape index (κ2) is 7.87. The zero-order valence-electron chi connectivity index (χ0n) is 15.8. The largest absolute Gasteiger partial charge is 0.369 e. The Labute approximate surface area is 167 Å². The lowest BCUT2D eigenvalue weighted by Gasteiger charge is -2.30. The molecule has 0 aliphatic carbocycles. The van der Waals surface area contributed by atoms with E-state index in [9.17, 15) is 14.0 Å². The molecule has 2 aromatic carbocycles. The molecule has 1 aliphatic heterocycles. The highest BCUT2D eigenvalue weighted by Crippen LogP contribution is 2.25. The van der Waals surface area contributed by atoms with Gasteiger partial charge in [0.05, 0.1) is 11.4 Å². The Kier molecular flexibility index (Phi) is 5.12. The van der Waals surface area contributed by atoms with Gasteiger partial charge < -0.3 is 10.6 Å². The number of hydrogen-bond donors (Lipinski definition) is 1. The van der Waals surface area contributed by atoms with Crippen LogP contribution in [-0.2, 0) is 4.79 Å². The molecule has 2 heterocycles. The zero-order valence-corrected chi connectivity index (χ0v) is 15.8. The number of hydrogen-bond acceptors (Lipinski definition) is 3. The monoisotopic (exact) mass is 392 g/mol. The Morgan fingerprint density at radius 1 is 1.00 bits per heavy atom. The molecule has 29 heavy (non-hydrogen) atoms. The molecule has 0 radical (unpaired) electrons. The molecule has 2 amide bonds. The Bertz CT molecular complexity index is 1020. The Balaban J connectivity index is 1.68. The minimum Gasteiger partial charge on any atom is -0.369 e. The molecule has 0 bridgehead atoms. The van der Waals surface area contributed by atoms with Crippen molar-refractivity contribution >= 4 is 11.8 Å². The van der Waals surface area contributed by atoms with E-state index in [-0.39, 0.29) is 23.5 Å². The van der Waals surface area contributed by atoms with Crippen LogP contribution >= 0.6 is 0 Å². The molecular formula is C22H21FN4O2. The van der Waals surface area contributed by atoms with Crippen LogP contribution in [0.15, 0.2) is 60.7 Å². The van der Waals surface area contributed by atoms with Crippen LogP contribution in [0.5, 0.6) is 0 Å². The first kappa shape index (κ1) is 18.9. The van der Waals surface area contributed by atoms with Gasteiger partial charge in [-0.15, -0.1) is 0 Å². The first-order valence-corrected chi connectivity index (χ1v) is 9.53. The number of piperidine rings is 1. The fourth-order valence-corrected chi connectivity index (χ4v) is 3.59. The summed E-state index contributed by atoms with van der Waals surface area (Å²) in [5.74, 6) is -0.986. The number of rotatable bonds is 4. The third-order valence-corrected chi connectivity index (χ3v) is 5.25. The Morgan fingerprint density at radius 2 is 1.66 bits per heavy atom. The zero-order chi connectivity index (χ0) is 20.4. The second-order valence-electron chi connectivity index (χ2n) is 7.14. The SMILES string of the molecule is NC(=O)C1CCN(C(=O)c2cc(-c3ccc(F)cc3)nn2-c2ccccc2)CC1. The van der Waals surface area contributed by atoms with E-state index in [2.05, 4.69) is 5.10 Å². The molecule has 1 fully saturated rings. The summed E-state index contributed by atoms with van der Waals surface area (Å²) >= 11 is 0. The van der Waals surface area contributed by atoms with E-state index in [0.29, 0.717) is 37.3 Å². The predicted molar refractivity (Wildman–Crippen MR) is 107 cm³/mol. The average molecular weight is 392 g/mol. The van der Waals surface area contributed by atoms with Gasteiger partial charge in [0.25, 0.3) is 5.91 Å². The van der Waals surface area contributed by atoms with Crippen molar-refractivity contribution in [2.24, 2.45) is 11.7 Å². The molecule has 6 nitrogen and oxygen atoms in total. The number of primary amides is 1. The highest BCUT2D eigenvalue weighted by atomic mass is 19.1. The van der Waals surface area contributed by atoms with E-state index in [1.807, 2.05) is 30.3 Å². The summed E-state index contributed by atoms with van der Waals surface area (Å²) in [6.07, 6.45) is 1.12. The number of likely N-dealkylation sites (tertiary alicyclic amines) is 1. The third-order valence-electron chi connectivity index (χ3n) is 5.25. The number of nitrogens with two attached hydrogens (primary N) is 1. The highest BCUT2D eigenvalue weighted by Gasteiger charge is 2.29. The number of benzene rings is 2. The second-order valence-corrected chi connectivity index (χ2v) is 7.14. The topological polar surface area (TPSA) is 81.2 Å². The van der Waals surface area contributed by atoms with Crippen LogP contribution in [0.25, 0.3) is 16.9 Å². The van der Waals surface area contributed by atoms with E-state index < -0.39 is 0 Å². The average Bonchev–Trinajstić information content (AvgIpc) is 3.20. The van der Waals surface area contributed by atoms with Crippen molar-refractivity contribution in [2.75, 3.05) is 13.1 Å². The predicted octanol–water partition coefficient (Wildman–Crippen LogP) is 3.02. The molecule has 148 valence electrons. The molecule has 1 saturated heterocycles. The highest BCUT2D eigenvalue weighted by molar-refractivity contribution is 5.94. The molecule has 0 saturated carbocycles. The van der Waals surface area contributed by atoms with Gasteiger partial charge in [-0.1, -0.05) is 18.2 Å². The minimum absolute atomic E-state index is 0.155. The van der Waals surface area contributed by atoms with E-state index in [1.165, 1.54) is 12.1 Å². The van der Waals surface area contributed by atoms with Crippen molar-refractivity contribution in [3.8, 4) is 16.9 Å². The molecule has 3 aromatic rings. The van der Waals surface area contributed by atoms with Gasteiger partial charge in [0.2, 0.25) is 5.91 Å². The molecule has 0 spiro atoms. The minimum atomic E-state index is -0.329. The standard InChI is InChI=1S/C22H21FN4O2/c23-17-8-6-15(7-9-17)19-14-20(27(25-19)18-4-2-1-3-5-18)22(29)26-12-10-16(11-13-26)21(24)28/h1-9,14,16H,10-13H2,(H2,24,28). The summed E-state index contributed by atoms with van der Waals surface area (Å²) in [6, 6.07) is 17.1. The smallest absolute Gasteiger partial charge is 0.272 e. The van der Waals surface area contributed by atoms with Gasteiger partial charge in [0.15, 0.2) is 0 Å². The fourth-order valence-electron chi connectivity index (χ4n) is 3.59. The third kappa shape index (κ3) is 3.89. The molecular weight excluding hydrogens is 371 g/mol. The van der Waals surface area contributed by atoms with Crippen LogP contribution < -0.4 is 5.73 Å². The van der Waals surface area contributed by atoms with Crippen LogP contribution in [-0.4, -0.2) is 39.6 Å². The maximum Gasteiger partial charge on any atom is 0.272 e. The fraction of sp³-hybridized carbons (Fsp3) is 0.227. The number of aromatic nitrogens is 2. The van der Waals surface area contributed by atoms with Crippen LogP contribution in [0.2, 0.25) is 0 Å². The first-order chi connectivity index (χ1) is 14.0. The van der Waals surface area contributed by atoms with E-state index in [0.717, 1.165) is 11.3 Å². The number of halogens is 1. The van der Waals surface area contributed by atoms with E-state index in [4.69, 9.17) is 5.73 Å². The Morgan fingerprint density at radius 3 is 2.28 bits per heavy atom. The molecule has 0 atom stereocenters. The number of carbonyl (C=O) groups excluding carboxylic acids is 2. The number of para-hydroxylation sites is 1. The molecule has 7 heteroatoms. The summed E-state index contributed by atoms with van der Waals surface area (Å²) < 4.78 is 14.9. The summed E-state index contributed by atoms with van der Waals surface area (Å²) in [5.41, 5.74) is 7.89.